The van der Waals surface area contributed by atoms with Crippen LogP contribution in [-0.4, -0.2) is 19.0 Å². The minimum atomic E-state index is 0.0893. The van der Waals surface area contributed by atoms with Crippen LogP contribution in [0.25, 0.3) is 10.8 Å². The lowest BCUT2D eigenvalue weighted by molar-refractivity contribution is -0.120. The standard InChI is InChI=1S/C22H22N2O/c25-22(23-20-11-10-17-6-4-5-7-19(17)16-20)18-12-14-24(15-13-18)21-8-2-1-3-9-21/h1-11,16,18H,12-15H2,(H,23,25). The lowest BCUT2D eigenvalue weighted by Crippen LogP contribution is -2.38. The third-order valence-electron chi connectivity index (χ3n) is 5.00. The molecule has 1 N–H and O–H groups in total. The summed E-state index contributed by atoms with van der Waals surface area (Å²) in [6, 6.07) is 24.7. The second-order valence-electron chi connectivity index (χ2n) is 6.65. The van der Waals surface area contributed by atoms with Crippen molar-refractivity contribution in [2.24, 2.45) is 5.92 Å². The molecule has 0 atom stereocenters. The maximum absolute atomic E-state index is 12.6. The smallest absolute Gasteiger partial charge is 0.227 e. The van der Waals surface area contributed by atoms with Crippen molar-refractivity contribution in [3.63, 3.8) is 0 Å². The molecule has 0 radical (unpaired) electrons. The second kappa shape index (κ2) is 6.98. The molecule has 1 fully saturated rings. The SMILES string of the molecule is O=C(Nc1ccc2ccccc2c1)C1CCN(c2ccccc2)CC1. The van der Waals surface area contributed by atoms with Crippen molar-refractivity contribution in [2.45, 2.75) is 12.8 Å². The van der Waals surface area contributed by atoms with Gasteiger partial charge in [0.25, 0.3) is 0 Å². The monoisotopic (exact) mass is 330 g/mol. The average molecular weight is 330 g/mol. The van der Waals surface area contributed by atoms with Gasteiger partial charge in [-0.05, 0) is 47.9 Å². The van der Waals surface area contributed by atoms with E-state index in [1.54, 1.807) is 0 Å². The molecule has 1 aliphatic rings. The number of amides is 1. The van der Waals surface area contributed by atoms with Crippen LogP contribution in [0.5, 0.6) is 0 Å². The Morgan fingerprint density at radius 3 is 2.28 bits per heavy atom. The lowest BCUT2D eigenvalue weighted by atomic mass is 9.95. The van der Waals surface area contributed by atoms with Gasteiger partial charge in [-0.3, -0.25) is 4.79 Å². The molecule has 3 aromatic carbocycles. The summed E-state index contributed by atoms with van der Waals surface area (Å²) in [5, 5.41) is 5.44. The van der Waals surface area contributed by atoms with Crippen molar-refractivity contribution in [3.05, 3.63) is 72.8 Å². The number of piperidine rings is 1. The first kappa shape index (κ1) is 15.7. The van der Waals surface area contributed by atoms with Crippen LogP contribution in [0.3, 0.4) is 0 Å². The van der Waals surface area contributed by atoms with E-state index in [-0.39, 0.29) is 11.8 Å². The van der Waals surface area contributed by atoms with Crippen LogP contribution in [-0.2, 0) is 4.79 Å². The first-order valence-electron chi connectivity index (χ1n) is 8.89. The third-order valence-corrected chi connectivity index (χ3v) is 5.00. The summed E-state index contributed by atoms with van der Waals surface area (Å²) in [6.07, 6.45) is 1.79. The maximum atomic E-state index is 12.6. The quantitative estimate of drug-likeness (QED) is 0.755. The molecule has 0 aromatic heterocycles. The zero-order valence-corrected chi connectivity index (χ0v) is 14.2. The van der Waals surface area contributed by atoms with Crippen LogP contribution in [0.1, 0.15) is 12.8 Å². The highest BCUT2D eigenvalue weighted by Gasteiger charge is 2.25. The van der Waals surface area contributed by atoms with Gasteiger partial charge in [-0.1, -0.05) is 48.5 Å². The summed E-state index contributed by atoms with van der Waals surface area (Å²) in [5.74, 6) is 0.231. The van der Waals surface area contributed by atoms with Crippen LogP contribution in [0.2, 0.25) is 0 Å². The molecule has 1 heterocycles. The molecular weight excluding hydrogens is 308 g/mol. The topological polar surface area (TPSA) is 32.3 Å². The summed E-state index contributed by atoms with van der Waals surface area (Å²) < 4.78 is 0. The van der Waals surface area contributed by atoms with E-state index in [1.807, 2.05) is 30.3 Å². The highest BCUT2D eigenvalue weighted by molar-refractivity contribution is 5.95. The summed E-state index contributed by atoms with van der Waals surface area (Å²) in [7, 11) is 0. The number of rotatable bonds is 3. The first-order valence-corrected chi connectivity index (χ1v) is 8.89. The van der Waals surface area contributed by atoms with Gasteiger partial charge in [-0.2, -0.15) is 0 Å². The molecule has 4 rings (SSSR count). The van der Waals surface area contributed by atoms with Gasteiger partial charge in [-0.15, -0.1) is 0 Å². The Kier molecular flexibility index (Phi) is 4.38. The van der Waals surface area contributed by atoms with Crippen LogP contribution >= 0.6 is 0 Å². The summed E-state index contributed by atoms with van der Waals surface area (Å²) in [6.45, 7) is 1.86. The molecule has 3 nitrogen and oxygen atoms in total. The predicted octanol–water partition coefficient (Wildman–Crippen LogP) is 4.69. The van der Waals surface area contributed by atoms with Gasteiger partial charge >= 0.3 is 0 Å². The second-order valence-corrected chi connectivity index (χ2v) is 6.65. The Bertz CT molecular complexity index is 867. The van der Waals surface area contributed by atoms with Crippen molar-refractivity contribution < 1.29 is 4.79 Å². The minimum Gasteiger partial charge on any atom is -0.371 e. The number of nitrogens with one attached hydrogen (secondary N) is 1. The molecular formula is C22H22N2O. The number of hydrogen-bond donors (Lipinski definition) is 1. The molecule has 25 heavy (non-hydrogen) atoms. The van der Waals surface area contributed by atoms with Crippen molar-refractivity contribution >= 4 is 28.1 Å². The zero-order chi connectivity index (χ0) is 17.1. The molecule has 126 valence electrons. The van der Waals surface area contributed by atoms with Gasteiger partial charge in [0.05, 0.1) is 0 Å². The molecule has 3 heteroatoms. The fraction of sp³-hybridized carbons (Fsp3) is 0.227. The van der Waals surface area contributed by atoms with Gasteiger partial charge < -0.3 is 10.2 Å². The highest BCUT2D eigenvalue weighted by atomic mass is 16.1. The zero-order valence-electron chi connectivity index (χ0n) is 14.2. The molecule has 1 amide bonds. The number of para-hydroxylation sites is 1. The van der Waals surface area contributed by atoms with Gasteiger partial charge in [0.15, 0.2) is 0 Å². The van der Waals surface area contributed by atoms with Crippen LogP contribution in [0.4, 0.5) is 11.4 Å². The van der Waals surface area contributed by atoms with Crippen LogP contribution < -0.4 is 10.2 Å². The summed E-state index contributed by atoms with van der Waals surface area (Å²) >= 11 is 0. The maximum Gasteiger partial charge on any atom is 0.227 e. The Morgan fingerprint density at radius 1 is 0.840 bits per heavy atom. The molecule has 0 spiro atoms. The number of anilines is 2. The van der Waals surface area contributed by atoms with E-state index in [0.717, 1.165) is 37.0 Å². The third kappa shape index (κ3) is 3.50. The van der Waals surface area contributed by atoms with E-state index in [9.17, 15) is 4.79 Å². The first-order chi connectivity index (χ1) is 12.3. The molecule has 3 aromatic rings. The van der Waals surface area contributed by atoms with E-state index >= 15 is 0 Å². The van der Waals surface area contributed by atoms with E-state index in [2.05, 4.69) is 52.7 Å². The molecule has 1 saturated heterocycles. The van der Waals surface area contributed by atoms with Crippen LogP contribution in [0, 0.1) is 5.92 Å². The Morgan fingerprint density at radius 2 is 1.52 bits per heavy atom. The number of carbonyl (C=O) groups excluding carboxylic acids is 1. The van der Waals surface area contributed by atoms with Crippen LogP contribution in [0.15, 0.2) is 72.8 Å². The Hall–Kier alpha value is -2.81. The summed E-state index contributed by atoms with van der Waals surface area (Å²) in [4.78, 5) is 15.0. The summed E-state index contributed by atoms with van der Waals surface area (Å²) in [5.41, 5.74) is 2.13. The lowest BCUT2D eigenvalue weighted by Gasteiger charge is -2.33. The Balaban J connectivity index is 1.38. The molecule has 0 saturated carbocycles. The number of nitrogens with zero attached hydrogens (tertiary/aromatic N) is 1. The number of fused-ring (bicyclic) bond motifs is 1. The normalized spacial score (nSPS) is 15.3. The molecule has 0 unspecified atom stereocenters. The van der Waals surface area contributed by atoms with Gasteiger partial charge in [-0.25, -0.2) is 0 Å². The molecule has 0 aliphatic carbocycles. The fourth-order valence-corrected chi connectivity index (χ4v) is 3.55. The van der Waals surface area contributed by atoms with Crippen molar-refractivity contribution in [1.82, 2.24) is 0 Å². The van der Waals surface area contributed by atoms with Crippen molar-refractivity contribution in [2.75, 3.05) is 23.3 Å². The fourth-order valence-electron chi connectivity index (χ4n) is 3.55. The number of benzene rings is 3. The number of carbonyl (C=O) groups is 1. The van der Waals surface area contributed by atoms with Gasteiger partial charge in [0.2, 0.25) is 5.91 Å². The van der Waals surface area contributed by atoms with E-state index < -0.39 is 0 Å². The predicted molar refractivity (Wildman–Crippen MR) is 104 cm³/mol. The number of hydrogen-bond acceptors (Lipinski definition) is 2. The van der Waals surface area contributed by atoms with E-state index in [0.29, 0.717) is 0 Å². The van der Waals surface area contributed by atoms with E-state index in [4.69, 9.17) is 0 Å². The van der Waals surface area contributed by atoms with E-state index in [1.165, 1.54) is 11.1 Å². The largest absolute Gasteiger partial charge is 0.371 e. The van der Waals surface area contributed by atoms with Crippen molar-refractivity contribution in [1.29, 1.82) is 0 Å². The molecule has 1 aliphatic heterocycles. The highest BCUT2D eigenvalue weighted by Crippen LogP contribution is 2.25. The van der Waals surface area contributed by atoms with Gasteiger partial charge in [0, 0.05) is 30.4 Å². The average Bonchev–Trinajstić information content (AvgIpc) is 2.69. The van der Waals surface area contributed by atoms with Gasteiger partial charge in [0.1, 0.15) is 0 Å². The Labute approximate surface area is 148 Å². The molecule has 0 bridgehead atoms. The van der Waals surface area contributed by atoms with Crippen molar-refractivity contribution in [3.8, 4) is 0 Å². The minimum absolute atomic E-state index is 0.0893.